The third-order valence-electron chi connectivity index (χ3n) is 4.14. The molecule has 0 aliphatic heterocycles. The van der Waals surface area contributed by atoms with Crippen molar-refractivity contribution in [3.05, 3.63) is 53.6 Å². The zero-order chi connectivity index (χ0) is 19.3. The number of ether oxygens (including phenoxy) is 1. The van der Waals surface area contributed by atoms with Crippen molar-refractivity contribution >= 4 is 23.2 Å². The second-order valence-electron chi connectivity index (χ2n) is 7.37. The molecule has 4 nitrogen and oxygen atoms in total. The van der Waals surface area contributed by atoms with E-state index in [-0.39, 0.29) is 5.41 Å². The smallest absolute Gasteiger partial charge is 0.145 e. The van der Waals surface area contributed by atoms with Crippen molar-refractivity contribution in [2.45, 2.75) is 31.1 Å². The van der Waals surface area contributed by atoms with Gasteiger partial charge in [-0.25, -0.2) is 0 Å². The summed E-state index contributed by atoms with van der Waals surface area (Å²) in [6, 6.07) is 14.2. The minimum Gasteiger partial charge on any atom is -0.494 e. The highest BCUT2D eigenvalue weighted by Crippen LogP contribution is 2.39. The fourth-order valence-electron chi connectivity index (χ4n) is 2.72. The Morgan fingerprint density at radius 3 is 2.31 bits per heavy atom. The van der Waals surface area contributed by atoms with E-state index < -0.39 is 0 Å². The Bertz CT molecular complexity index is 766. The van der Waals surface area contributed by atoms with E-state index in [0.29, 0.717) is 11.5 Å². The highest BCUT2D eigenvalue weighted by Gasteiger charge is 2.24. The molecule has 0 saturated heterocycles. The van der Waals surface area contributed by atoms with Crippen molar-refractivity contribution in [3.63, 3.8) is 0 Å². The molecule has 1 N–H and O–H groups in total. The summed E-state index contributed by atoms with van der Waals surface area (Å²) in [5, 5.41) is 13.2. The van der Waals surface area contributed by atoms with Crippen LogP contribution in [0.2, 0.25) is 0 Å². The molecule has 0 fully saturated rings. The van der Waals surface area contributed by atoms with Gasteiger partial charge in [0.15, 0.2) is 0 Å². The maximum atomic E-state index is 9.64. The third-order valence-corrected chi connectivity index (χ3v) is 5.16. The molecule has 0 amide bonds. The van der Waals surface area contributed by atoms with Crippen LogP contribution in [0.15, 0.2) is 52.5 Å². The van der Waals surface area contributed by atoms with Crippen LogP contribution in [0.4, 0.5) is 5.69 Å². The van der Waals surface area contributed by atoms with Crippen LogP contribution in [0.25, 0.3) is 0 Å². The monoisotopic (exact) mass is 372 g/mol. The largest absolute Gasteiger partial charge is 0.494 e. The number of nitrogens with zero attached hydrogens (tertiary/aromatic N) is 2. The first kappa shape index (κ1) is 20.2. The number of methoxy groups -OCH3 is 1. The molecule has 2 rings (SSSR count). The summed E-state index contributed by atoms with van der Waals surface area (Å²) >= 11 is 1.65. The molecule has 2 aromatic carbocycles. The number of thioether (sulfide) groups is 1. The van der Waals surface area contributed by atoms with Crippen LogP contribution < -0.4 is 9.64 Å². The molecule has 0 atom stereocenters. The van der Waals surface area contributed by atoms with Gasteiger partial charge in [-0.05, 0) is 29.7 Å². The van der Waals surface area contributed by atoms with Gasteiger partial charge in [-0.15, -0.1) is 11.8 Å². The van der Waals surface area contributed by atoms with Gasteiger partial charge in [0.1, 0.15) is 5.75 Å². The number of anilines is 1. The molecule has 0 radical (unpaired) electrons. The van der Waals surface area contributed by atoms with Gasteiger partial charge in [0.05, 0.1) is 18.5 Å². The van der Waals surface area contributed by atoms with E-state index in [9.17, 15) is 5.21 Å². The molecule has 140 valence electrons. The lowest BCUT2D eigenvalue weighted by atomic mass is 9.84. The highest BCUT2D eigenvalue weighted by molar-refractivity contribution is 8.00. The zero-order valence-corrected chi connectivity index (χ0v) is 17.2. The van der Waals surface area contributed by atoms with E-state index in [1.807, 2.05) is 43.3 Å². The van der Waals surface area contributed by atoms with Crippen LogP contribution in [0.3, 0.4) is 0 Å². The van der Waals surface area contributed by atoms with Gasteiger partial charge >= 0.3 is 0 Å². The maximum Gasteiger partial charge on any atom is 0.145 e. The molecule has 0 saturated carbocycles. The van der Waals surface area contributed by atoms with Crippen molar-refractivity contribution < 1.29 is 9.94 Å². The molecule has 0 aliphatic carbocycles. The summed E-state index contributed by atoms with van der Waals surface area (Å²) in [7, 11) is 5.68. The molecule has 0 heterocycles. The van der Waals surface area contributed by atoms with E-state index >= 15 is 0 Å². The average molecular weight is 373 g/mol. The molecular weight excluding hydrogens is 344 g/mol. The SMILES string of the molecule is COc1c(N(C)C)cc(/C(CSc2ccccc2)=N/O)cc1C(C)(C)C. The first-order valence-electron chi connectivity index (χ1n) is 8.57. The maximum absolute atomic E-state index is 9.64. The van der Waals surface area contributed by atoms with E-state index in [0.717, 1.165) is 27.5 Å². The lowest BCUT2D eigenvalue weighted by Gasteiger charge is -2.27. The Balaban J connectivity index is 2.44. The molecule has 0 bridgehead atoms. The van der Waals surface area contributed by atoms with Gasteiger partial charge in [-0.2, -0.15) is 0 Å². The quantitative estimate of drug-likeness (QED) is 0.334. The number of hydrogen-bond acceptors (Lipinski definition) is 5. The normalized spacial score (nSPS) is 12.2. The van der Waals surface area contributed by atoms with Crippen LogP contribution in [0.1, 0.15) is 31.9 Å². The van der Waals surface area contributed by atoms with Gasteiger partial charge in [0, 0.05) is 35.9 Å². The molecule has 5 heteroatoms. The summed E-state index contributed by atoms with van der Waals surface area (Å²) in [6.07, 6.45) is 0. The number of oxime groups is 1. The van der Waals surface area contributed by atoms with E-state index in [1.165, 1.54) is 0 Å². The third kappa shape index (κ3) is 4.73. The lowest BCUT2D eigenvalue weighted by molar-refractivity contribution is 0.319. The van der Waals surface area contributed by atoms with E-state index in [4.69, 9.17) is 4.74 Å². The molecule has 2 aromatic rings. The Hall–Kier alpha value is -2.14. The van der Waals surface area contributed by atoms with Crippen molar-refractivity contribution in [2.75, 3.05) is 31.9 Å². The Labute approximate surface area is 160 Å². The lowest BCUT2D eigenvalue weighted by Crippen LogP contribution is -2.19. The summed E-state index contributed by atoms with van der Waals surface area (Å²) in [5.41, 5.74) is 3.52. The van der Waals surface area contributed by atoms with E-state index in [2.05, 4.69) is 44.1 Å². The number of rotatable bonds is 6. The highest BCUT2D eigenvalue weighted by atomic mass is 32.2. The summed E-state index contributed by atoms with van der Waals surface area (Å²) in [4.78, 5) is 3.17. The van der Waals surface area contributed by atoms with Crippen molar-refractivity contribution in [2.24, 2.45) is 5.16 Å². The van der Waals surface area contributed by atoms with Gasteiger partial charge in [0.25, 0.3) is 0 Å². The minimum atomic E-state index is -0.0980. The van der Waals surface area contributed by atoms with Gasteiger partial charge in [-0.1, -0.05) is 44.1 Å². The van der Waals surface area contributed by atoms with Crippen LogP contribution >= 0.6 is 11.8 Å². The summed E-state index contributed by atoms with van der Waals surface area (Å²) in [6.45, 7) is 6.47. The van der Waals surface area contributed by atoms with Crippen LogP contribution in [0, 0.1) is 0 Å². The fourth-order valence-corrected chi connectivity index (χ4v) is 3.60. The second kappa shape index (κ2) is 8.49. The summed E-state index contributed by atoms with van der Waals surface area (Å²) in [5.74, 6) is 1.45. The van der Waals surface area contributed by atoms with Crippen LogP contribution in [0.5, 0.6) is 5.75 Å². The van der Waals surface area contributed by atoms with Crippen LogP contribution in [-0.2, 0) is 5.41 Å². The number of benzene rings is 2. The van der Waals surface area contributed by atoms with E-state index in [1.54, 1.807) is 18.9 Å². The first-order valence-corrected chi connectivity index (χ1v) is 9.55. The van der Waals surface area contributed by atoms with Crippen LogP contribution in [-0.4, -0.2) is 37.9 Å². The fraction of sp³-hybridized carbons (Fsp3) is 0.381. The van der Waals surface area contributed by atoms with Crippen molar-refractivity contribution in [1.29, 1.82) is 0 Å². The van der Waals surface area contributed by atoms with Gasteiger partial charge in [0.2, 0.25) is 0 Å². The second-order valence-corrected chi connectivity index (χ2v) is 8.42. The Kier molecular flexibility index (Phi) is 6.59. The predicted molar refractivity (Wildman–Crippen MR) is 112 cm³/mol. The van der Waals surface area contributed by atoms with Gasteiger partial charge in [-0.3, -0.25) is 0 Å². The van der Waals surface area contributed by atoms with Crippen molar-refractivity contribution in [3.8, 4) is 5.75 Å². The topological polar surface area (TPSA) is 45.1 Å². The molecule has 0 spiro atoms. The molecule has 0 unspecified atom stereocenters. The first-order chi connectivity index (χ1) is 12.3. The Morgan fingerprint density at radius 2 is 1.81 bits per heavy atom. The zero-order valence-electron chi connectivity index (χ0n) is 16.4. The predicted octanol–water partition coefficient (Wildman–Crippen LogP) is 5.03. The molecule has 0 aliphatic rings. The Morgan fingerprint density at radius 1 is 1.15 bits per heavy atom. The molecular formula is C21H28N2O2S. The van der Waals surface area contributed by atoms with Gasteiger partial charge < -0.3 is 14.8 Å². The van der Waals surface area contributed by atoms with Crippen molar-refractivity contribution in [1.82, 2.24) is 0 Å². The number of hydrogen-bond donors (Lipinski definition) is 1. The standard InChI is InChI=1S/C21H28N2O2S/c1-21(2,3)17-12-15(13-19(23(4)5)20(17)25-6)18(22-24)14-26-16-10-8-7-9-11-16/h7-13,24H,14H2,1-6H3/b22-18+. The molecule has 26 heavy (non-hydrogen) atoms. The minimum absolute atomic E-state index is 0.0980. The average Bonchev–Trinajstić information content (AvgIpc) is 2.61. The molecule has 0 aromatic heterocycles. The summed E-state index contributed by atoms with van der Waals surface area (Å²) < 4.78 is 5.71.